The number of likely N-dealkylation sites (tertiary alicyclic amines) is 2. The molecule has 128 valence electrons. The summed E-state index contributed by atoms with van der Waals surface area (Å²) < 4.78 is 28.7. The first-order chi connectivity index (χ1) is 10.8. The number of amides is 1. The van der Waals surface area contributed by atoms with E-state index in [4.69, 9.17) is 0 Å². The van der Waals surface area contributed by atoms with Gasteiger partial charge in [0.15, 0.2) is 0 Å². The lowest BCUT2D eigenvalue weighted by molar-refractivity contribution is -0.140. The van der Waals surface area contributed by atoms with E-state index in [0.29, 0.717) is 13.1 Å². The van der Waals surface area contributed by atoms with E-state index < -0.39 is 12.0 Å². The lowest BCUT2D eigenvalue weighted by atomic mass is 10.1. The molecule has 23 heavy (non-hydrogen) atoms. The average molecular weight is 328 g/mol. The standard InChI is InChI=1S/C15H22F2N4O2/c1-10-3-11(2)21(18-10)7-14(23)19-5-13(6-19)20-9-15(16,17)4-12(20)8-22/h3,12-13,22H,4-9H2,1-2H3/t12-/m0/s1. The van der Waals surface area contributed by atoms with Crippen LogP contribution in [0.1, 0.15) is 17.8 Å². The van der Waals surface area contributed by atoms with Crippen LogP contribution in [0.4, 0.5) is 8.78 Å². The van der Waals surface area contributed by atoms with Gasteiger partial charge in [-0.2, -0.15) is 5.10 Å². The van der Waals surface area contributed by atoms with Crippen LogP contribution in [0.3, 0.4) is 0 Å². The zero-order chi connectivity index (χ0) is 16.8. The highest BCUT2D eigenvalue weighted by Gasteiger charge is 2.49. The SMILES string of the molecule is Cc1cc(C)n(CC(=O)N2CC(N3CC(F)(F)C[C@H]3CO)C2)n1. The molecule has 1 amide bonds. The minimum absolute atomic E-state index is 0.0565. The van der Waals surface area contributed by atoms with Crippen molar-refractivity contribution in [2.45, 2.75) is 44.8 Å². The van der Waals surface area contributed by atoms with Gasteiger partial charge in [0.05, 0.1) is 18.8 Å². The second-order valence-corrected chi connectivity index (χ2v) is 6.61. The van der Waals surface area contributed by atoms with Gasteiger partial charge in [-0.1, -0.05) is 0 Å². The number of aliphatic hydroxyl groups excluding tert-OH is 1. The molecule has 0 aliphatic carbocycles. The van der Waals surface area contributed by atoms with Crippen molar-refractivity contribution in [3.8, 4) is 0 Å². The third kappa shape index (κ3) is 3.23. The van der Waals surface area contributed by atoms with Crippen molar-refractivity contribution in [3.05, 3.63) is 17.5 Å². The Bertz CT molecular complexity index is 598. The molecule has 1 atom stereocenters. The quantitative estimate of drug-likeness (QED) is 0.870. The summed E-state index contributed by atoms with van der Waals surface area (Å²) in [4.78, 5) is 15.5. The molecule has 0 spiro atoms. The Kier molecular flexibility index (Phi) is 4.14. The molecule has 3 rings (SSSR count). The largest absolute Gasteiger partial charge is 0.395 e. The Balaban J connectivity index is 1.54. The first-order valence-electron chi connectivity index (χ1n) is 7.82. The molecule has 2 aliphatic heterocycles. The maximum Gasteiger partial charge on any atom is 0.262 e. The number of hydrogen-bond donors (Lipinski definition) is 1. The van der Waals surface area contributed by atoms with Crippen molar-refractivity contribution in [2.24, 2.45) is 0 Å². The van der Waals surface area contributed by atoms with Crippen LogP contribution in [0.5, 0.6) is 0 Å². The third-order valence-corrected chi connectivity index (χ3v) is 4.70. The first kappa shape index (κ1) is 16.3. The van der Waals surface area contributed by atoms with E-state index in [1.165, 1.54) is 0 Å². The molecule has 0 radical (unpaired) electrons. The summed E-state index contributed by atoms with van der Waals surface area (Å²) in [6.07, 6.45) is -0.306. The maximum atomic E-state index is 13.5. The van der Waals surface area contributed by atoms with E-state index in [9.17, 15) is 18.7 Å². The summed E-state index contributed by atoms with van der Waals surface area (Å²) >= 11 is 0. The van der Waals surface area contributed by atoms with Crippen LogP contribution < -0.4 is 0 Å². The zero-order valence-electron chi connectivity index (χ0n) is 13.4. The summed E-state index contributed by atoms with van der Waals surface area (Å²) in [6, 6.07) is 1.30. The molecule has 3 heterocycles. The fraction of sp³-hybridized carbons (Fsp3) is 0.733. The summed E-state index contributed by atoms with van der Waals surface area (Å²) in [6.45, 7) is 4.20. The Morgan fingerprint density at radius 1 is 1.43 bits per heavy atom. The normalized spacial score (nSPS) is 24.9. The molecule has 1 N–H and O–H groups in total. The van der Waals surface area contributed by atoms with E-state index in [1.807, 2.05) is 19.9 Å². The number of carbonyl (C=O) groups excluding carboxylic acids is 1. The Morgan fingerprint density at radius 2 is 2.13 bits per heavy atom. The molecule has 2 aliphatic rings. The predicted octanol–water partition coefficient (Wildman–Crippen LogP) is 0.413. The number of aromatic nitrogens is 2. The highest BCUT2D eigenvalue weighted by molar-refractivity contribution is 5.77. The lowest BCUT2D eigenvalue weighted by Crippen LogP contribution is -2.63. The van der Waals surface area contributed by atoms with Crippen LogP contribution in [-0.4, -0.2) is 74.8 Å². The molecule has 2 fully saturated rings. The monoisotopic (exact) mass is 328 g/mol. The van der Waals surface area contributed by atoms with Crippen LogP contribution in [0.25, 0.3) is 0 Å². The van der Waals surface area contributed by atoms with Gasteiger partial charge in [-0.05, 0) is 19.9 Å². The Morgan fingerprint density at radius 3 is 2.70 bits per heavy atom. The fourth-order valence-corrected chi connectivity index (χ4v) is 3.45. The number of rotatable bonds is 4. The Labute approximate surface area is 133 Å². The molecule has 1 aromatic rings. The van der Waals surface area contributed by atoms with Gasteiger partial charge in [-0.3, -0.25) is 14.4 Å². The van der Waals surface area contributed by atoms with Gasteiger partial charge >= 0.3 is 0 Å². The second-order valence-electron chi connectivity index (χ2n) is 6.61. The number of nitrogens with zero attached hydrogens (tertiary/aromatic N) is 4. The average Bonchev–Trinajstić information content (AvgIpc) is 2.87. The molecule has 0 bridgehead atoms. The van der Waals surface area contributed by atoms with Crippen LogP contribution in [0, 0.1) is 13.8 Å². The van der Waals surface area contributed by atoms with Crippen molar-refractivity contribution in [3.63, 3.8) is 0 Å². The van der Waals surface area contributed by atoms with Gasteiger partial charge in [-0.25, -0.2) is 8.78 Å². The first-order valence-corrected chi connectivity index (χ1v) is 7.82. The van der Waals surface area contributed by atoms with Gasteiger partial charge in [-0.15, -0.1) is 0 Å². The summed E-state index contributed by atoms with van der Waals surface area (Å²) in [5.74, 6) is -2.81. The van der Waals surface area contributed by atoms with Gasteiger partial charge in [0.25, 0.3) is 5.92 Å². The molecule has 0 unspecified atom stereocenters. The number of aryl methyl sites for hydroxylation is 2. The maximum absolute atomic E-state index is 13.5. The second kappa shape index (κ2) is 5.83. The van der Waals surface area contributed by atoms with Crippen molar-refractivity contribution in [1.29, 1.82) is 0 Å². The highest BCUT2D eigenvalue weighted by Crippen LogP contribution is 2.35. The smallest absolute Gasteiger partial charge is 0.262 e. The molecule has 8 heteroatoms. The predicted molar refractivity (Wildman–Crippen MR) is 79.2 cm³/mol. The van der Waals surface area contributed by atoms with E-state index >= 15 is 0 Å². The number of hydrogen-bond acceptors (Lipinski definition) is 4. The number of aliphatic hydroxyl groups is 1. The number of halogens is 2. The number of carbonyl (C=O) groups is 1. The van der Waals surface area contributed by atoms with Crippen molar-refractivity contribution >= 4 is 5.91 Å². The van der Waals surface area contributed by atoms with Crippen LogP contribution >= 0.6 is 0 Å². The van der Waals surface area contributed by atoms with Crippen molar-refractivity contribution < 1.29 is 18.7 Å². The topological polar surface area (TPSA) is 61.6 Å². The van der Waals surface area contributed by atoms with Crippen LogP contribution in [0.2, 0.25) is 0 Å². The molecule has 0 saturated carbocycles. The number of alkyl halides is 2. The van der Waals surface area contributed by atoms with Crippen molar-refractivity contribution in [2.75, 3.05) is 26.2 Å². The zero-order valence-corrected chi connectivity index (χ0v) is 13.4. The van der Waals surface area contributed by atoms with Gasteiger partial charge in [0, 0.05) is 37.3 Å². The Hall–Kier alpha value is -1.54. The lowest BCUT2D eigenvalue weighted by Gasteiger charge is -2.45. The fourth-order valence-electron chi connectivity index (χ4n) is 3.45. The molecule has 6 nitrogen and oxygen atoms in total. The van der Waals surface area contributed by atoms with E-state index in [-0.39, 0.29) is 38.1 Å². The van der Waals surface area contributed by atoms with E-state index in [1.54, 1.807) is 14.5 Å². The molecular weight excluding hydrogens is 306 g/mol. The van der Waals surface area contributed by atoms with Crippen LogP contribution in [-0.2, 0) is 11.3 Å². The summed E-state index contributed by atoms with van der Waals surface area (Å²) in [7, 11) is 0. The molecule has 1 aromatic heterocycles. The van der Waals surface area contributed by atoms with Gasteiger partial charge in [0.1, 0.15) is 6.54 Å². The minimum atomic E-state index is -2.75. The van der Waals surface area contributed by atoms with Gasteiger partial charge < -0.3 is 10.0 Å². The molecule has 2 saturated heterocycles. The van der Waals surface area contributed by atoms with E-state index in [0.717, 1.165) is 11.4 Å². The summed E-state index contributed by atoms with van der Waals surface area (Å²) in [5.41, 5.74) is 1.79. The third-order valence-electron chi connectivity index (χ3n) is 4.70. The molecular formula is C15H22F2N4O2. The summed E-state index contributed by atoms with van der Waals surface area (Å²) in [5, 5.41) is 13.5. The van der Waals surface area contributed by atoms with E-state index in [2.05, 4.69) is 5.10 Å². The van der Waals surface area contributed by atoms with Gasteiger partial charge in [0.2, 0.25) is 5.91 Å². The van der Waals surface area contributed by atoms with Crippen LogP contribution in [0.15, 0.2) is 6.07 Å². The molecule has 0 aromatic carbocycles. The highest BCUT2D eigenvalue weighted by atomic mass is 19.3. The minimum Gasteiger partial charge on any atom is -0.395 e. The van der Waals surface area contributed by atoms with Crippen molar-refractivity contribution in [1.82, 2.24) is 19.6 Å².